The van der Waals surface area contributed by atoms with Crippen LogP contribution in [-0.2, 0) is 0 Å². The van der Waals surface area contributed by atoms with Crippen LogP contribution in [0.2, 0.25) is 0 Å². The lowest BCUT2D eigenvalue weighted by atomic mass is 9.98. The van der Waals surface area contributed by atoms with Crippen LogP contribution in [0.25, 0.3) is 5.69 Å². The predicted octanol–water partition coefficient (Wildman–Crippen LogP) is 2.36. The Bertz CT molecular complexity index is 795. The highest BCUT2D eigenvalue weighted by Crippen LogP contribution is 2.30. The number of piperidine rings is 1. The molecule has 1 aromatic heterocycles. The van der Waals surface area contributed by atoms with Crippen molar-refractivity contribution in [1.82, 2.24) is 25.2 Å². The van der Waals surface area contributed by atoms with Gasteiger partial charge in [0.05, 0.1) is 18.5 Å². The first-order valence-corrected chi connectivity index (χ1v) is 9.16. The van der Waals surface area contributed by atoms with E-state index in [9.17, 15) is 4.79 Å². The Kier molecular flexibility index (Phi) is 5.72. The van der Waals surface area contributed by atoms with E-state index in [1.807, 2.05) is 43.1 Å². The number of benzene rings is 1. The summed E-state index contributed by atoms with van der Waals surface area (Å²) in [6.45, 7) is 1.89. The zero-order valence-electron chi connectivity index (χ0n) is 15.9. The number of fused-ring (bicyclic) bond motifs is 2. The van der Waals surface area contributed by atoms with Gasteiger partial charge < -0.3 is 15.0 Å². The van der Waals surface area contributed by atoms with Gasteiger partial charge >= 0.3 is 0 Å². The molecule has 1 aromatic carbocycles. The van der Waals surface area contributed by atoms with Crippen molar-refractivity contribution in [1.29, 1.82) is 0 Å². The number of halogens is 1. The molecular formula is C19H26ClN5O2. The maximum Gasteiger partial charge on any atom is 0.276 e. The van der Waals surface area contributed by atoms with Crippen molar-refractivity contribution >= 4 is 18.3 Å². The van der Waals surface area contributed by atoms with Crippen LogP contribution in [0.4, 0.5) is 0 Å². The van der Waals surface area contributed by atoms with E-state index in [1.54, 1.807) is 11.8 Å². The molecule has 1 amide bonds. The van der Waals surface area contributed by atoms with Gasteiger partial charge in [-0.15, -0.1) is 17.5 Å². The van der Waals surface area contributed by atoms with E-state index in [0.29, 0.717) is 17.8 Å². The summed E-state index contributed by atoms with van der Waals surface area (Å²) in [5.74, 6) is 0.733. The van der Waals surface area contributed by atoms with Crippen molar-refractivity contribution in [2.24, 2.45) is 0 Å². The molecule has 2 unspecified atom stereocenters. The summed E-state index contributed by atoms with van der Waals surface area (Å²) in [5, 5.41) is 12.0. The Hall–Kier alpha value is -2.12. The van der Waals surface area contributed by atoms with E-state index in [4.69, 9.17) is 4.74 Å². The molecule has 146 valence electrons. The molecule has 2 aliphatic rings. The van der Waals surface area contributed by atoms with Gasteiger partial charge in [0.15, 0.2) is 5.69 Å². The van der Waals surface area contributed by atoms with Gasteiger partial charge in [-0.1, -0.05) is 5.21 Å². The SMILES string of the molecule is COc1ccc(-n2nnc(C(=O)N(C)C3CC4CCC(C3)N4)c2C)cc1.Cl. The van der Waals surface area contributed by atoms with E-state index in [-0.39, 0.29) is 24.4 Å². The minimum Gasteiger partial charge on any atom is -0.497 e. The Morgan fingerprint density at radius 2 is 1.85 bits per heavy atom. The fourth-order valence-electron chi connectivity index (χ4n) is 4.17. The summed E-state index contributed by atoms with van der Waals surface area (Å²) in [6.07, 6.45) is 4.47. The Balaban J connectivity index is 0.00000210. The number of ether oxygens (including phenoxy) is 1. The summed E-state index contributed by atoms with van der Waals surface area (Å²) in [4.78, 5) is 14.9. The zero-order valence-corrected chi connectivity index (χ0v) is 16.7. The van der Waals surface area contributed by atoms with Gasteiger partial charge in [0.25, 0.3) is 5.91 Å². The van der Waals surface area contributed by atoms with Crippen molar-refractivity contribution in [3.8, 4) is 11.4 Å². The average Bonchev–Trinajstić information content (AvgIpc) is 3.22. The molecule has 7 nitrogen and oxygen atoms in total. The molecule has 2 fully saturated rings. The molecule has 3 heterocycles. The number of hydrogen-bond donors (Lipinski definition) is 1. The number of amides is 1. The standard InChI is InChI=1S/C19H25N5O2.ClH/c1-12-18(21-22-24(12)15-6-8-17(26-3)9-7-15)19(25)23(2)16-10-13-4-5-14(11-16)20-13;/h6-9,13-14,16,20H,4-5,10-11H2,1-3H3;1H. The third-order valence-electron chi connectivity index (χ3n) is 5.73. The van der Waals surface area contributed by atoms with E-state index in [2.05, 4.69) is 15.6 Å². The molecule has 0 radical (unpaired) electrons. The highest BCUT2D eigenvalue weighted by atomic mass is 35.5. The number of carbonyl (C=O) groups is 1. The first-order valence-electron chi connectivity index (χ1n) is 9.16. The topological polar surface area (TPSA) is 72.3 Å². The normalized spacial score (nSPS) is 23.6. The molecule has 8 heteroatoms. The molecule has 0 aliphatic carbocycles. The van der Waals surface area contributed by atoms with Crippen molar-refractivity contribution in [3.05, 3.63) is 35.7 Å². The third-order valence-corrected chi connectivity index (χ3v) is 5.73. The predicted molar refractivity (Wildman–Crippen MR) is 105 cm³/mol. The van der Waals surface area contributed by atoms with Gasteiger partial charge in [-0.05, 0) is 56.9 Å². The highest BCUT2D eigenvalue weighted by molar-refractivity contribution is 5.93. The second-order valence-electron chi connectivity index (χ2n) is 7.31. The van der Waals surface area contributed by atoms with Gasteiger partial charge in [-0.3, -0.25) is 4.79 Å². The largest absolute Gasteiger partial charge is 0.497 e. The van der Waals surface area contributed by atoms with Crippen LogP contribution in [0.15, 0.2) is 24.3 Å². The van der Waals surface area contributed by atoms with E-state index >= 15 is 0 Å². The van der Waals surface area contributed by atoms with Gasteiger partial charge in [0.1, 0.15) is 5.75 Å². The smallest absolute Gasteiger partial charge is 0.276 e. The summed E-state index contributed by atoms with van der Waals surface area (Å²) in [7, 11) is 3.53. The van der Waals surface area contributed by atoms with Crippen LogP contribution in [0, 0.1) is 6.92 Å². The van der Waals surface area contributed by atoms with Crippen LogP contribution >= 0.6 is 12.4 Å². The second kappa shape index (κ2) is 7.86. The van der Waals surface area contributed by atoms with Crippen molar-refractivity contribution in [3.63, 3.8) is 0 Å². The summed E-state index contributed by atoms with van der Waals surface area (Å²) in [5.41, 5.74) is 2.04. The molecule has 2 aromatic rings. The number of hydrogen-bond acceptors (Lipinski definition) is 5. The van der Waals surface area contributed by atoms with Crippen LogP contribution in [0.1, 0.15) is 41.9 Å². The minimum atomic E-state index is -0.0476. The highest BCUT2D eigenvalue weighted by Gasteiger charge is 2.37. The molecule has 27 heavy (non-hydrogen) atoms. The third kappa shape index (κ3) is 3.66. The van der Waals surface area contributed by atoms with Gasteiger partial charge in [-0.25, -0.2) is 4.68 Å². The molecule has 0 spiro atoms. The van der Waals surface area contributed by atoms with Gasteiger partial charge in [-0.2, -0.15) is 0 Å². The molecule has 2 aliphatic heterocycles. The maximum absolute atomic E-state index is 13.0. The first kappa shape index (κ1) is 19.6. The van der Waals surface area contributed by atoms with E-state index in [0.717, 1.165) is 30.0 Å². The first-order chi connectivity index (χ1) is 12.6. The number of nitrogens with zero attached hydrogens (tertiary/aromatic N) is 4. The quantitative estimate of drug-likeness (QED) is 0.866. The fraction of sp³-hybridized carbons (Fsp3) is 0.526. The summed E-state index contributed by atoms with van der Waals surface area (Å²) < 4.78 is 6.89. The molecule has 0 saturated carbocycles. The Labute approximate surface area is 165 Å². The molecule has 2 saturated heterocycles. The number of nitrogens with one attached hydrogen (secondary N) is 1. The van der Waals surface area contributed by atoms with Crippen molar-refractivity contribution < 1.29 is 9.53 Å². The van der Waals surface area contributed by atoms with Crippen LogP contribution in [0.3, 0.4) is 0 Å². The lowest BCUT2D eigenvalue weighted by Gasteiger charge is -2.35. The monoisotopic (exact) mass is 391 g/mol. The summed E-state index contributed by atoms with van der Waals surface area (Å²) in [6, 6.07) is 8.91. The van der Waals surface area contributed by atoms with Crippen molar-refractivity contribution in [2.75, 3.05) is 14.2 Å². The zero-order chi connectivity index (χ0) is 18.3. The number of aromatic nitrogens is 3. The van der Waals surface area contributed by atoms with Crippen LogP contribution in [0.5, 0.6) is 5.75 Å². The van der Waals surface area contributed by atoms with Crippen LogP contribution < -0.4 is 10.1 Å². The Morgan fingerprint density at radius 1 is 1.22 bits per heavy atom. The number of rotatable bonds is 4. The molecule has 4 rings (SSSR count). The summed E-state index contributed by atoms with van der Waals surface area (Å²) >= 11 is 0. The molecule has 2 bridgehead atoms. The van der Waals surface area contributed by atoms with E-state index in [1.165, 1.54) is 12.8 Å². The average molecular weight is 392 g/mol. The van der Waals surface area contributed by atoms with Gasteiger partial charge in [0.2, 0.25) is 0 Å². The van der Waals surface area contributed by atoms with Gasteiger partial charge in [0, 0.05) is 25.2 Å². The molecule has 2 atom stereocenters. The number of methoxy groups -OCH3 is 1. The lowest BCUT2D eigenvalue weighted by Crippen LogP contribution is -2.48. The molecular weight excluding hydrogens is 366 g/mol. The van der Waals surface area contributed by atoms with Crippen LogP contribution in [-0.4, -0.2) is 58.1 Å². The second-order valence-corrected chi connectivity index (χ2v) is 7.31. The maximum atomic E-state index is 13.0. The lowest BCUT2D eigenvalue weighted by molar-refractivity contribution is 0.0675. The fourth-order valence-corrected chi connectivity index (χ4v) is 4.17. The number of carbonyl (C=O) groups excluding carboxylic acids is 1. The Morgan fingerprint density at radius 3 is 2.44 bits per heavy atom. The molecule has 1 N–H and O–H groups in total. The minimum absolute atomic E-state index is 0. The van der Waals surface area contributed by atoms with E-state index < -0.39 is 0 Å². The van der Waals surface area contributed by atoms with Crippen molar-refractivity contribution in [2.45, 2.75) is 50.7 Å².